The van der Waals surface area contributed by atoms with E-state index >= 15 is 0 Å². The average Bonchev–Trinajstić information content (AvgIpc) is 3.05. The third kappa shape index (κ3) is 23.7. The van der Waals surface area contributed by atoms with Gasteiger partial charge in [-0.3, -0.25) is 14.1 Å². The molecular formula is C36H68O12S. The van der Waals surface area contributed by atoms with E-state index in [1.165, 1.54) is 83.5 Å². The monoisotopic (exact) mass is 724 g/mol. The lowest BCUT2D eigenvalue weighted by Crippen LogP contribution is -2.60. The van der Waals surface area contributed by atoms with Crippen LogP contribution in [0.5, 0.6) is 0 Å². The number of hydrogen-bond acceptors (Lipinski definition) is 11. The van der Waals surface area contributed by atoms with Gasteiger partial charge in [0.1, 0.15) is 36.8 Å². The van der Waals surface area contributed by atoms with Crippen LogP contribution in [0.25, 0.3) is 0 Å². The average molecular weight is 725 g/mol. The van der Waals surface area contributed by atoms with E-state index in [1.54, 1.807) is 0 Å². The Bertz CT molecular complexity index is 946. The van der Waals surface area contributed by atoms with Crippen molar-refractivity contribution in [1.29, 1.82) is 0 Å². The molecule has 0 bridgehead atoms. The molecule has 0 radical (unpaired) electrons. The van der Waals surface area contributed by atoms with Gasteiger partial charge >= 0.3 is 11.9 Å². The van der Waals surface area contributed by atoms with Crippen molar-refractivity contribution in [2.45, 2.75) is 198 Å². The second-order valence-corrected chi connectivity index (χ2v) is 15.1. The van der Waals surface area contributed by atoms with Crippen molar-refractivity contribution in [2.24, 2.45) is 0 Å². The Balaban J connectivity index is 2.53. The number of ether oxygens (including phenoxy) is 4. The summed E-state index contributed by atoms with van der Waals surface area (Å²) in [7, 11) is -4.59. The van der Waals surface area contributed by atoms with Crippen LogP contribution in [0.1, 0.15) is 162 Å². The standard InChI is InChI=1S/C36H68O12S/c1-3-5-7-9-11-13-14-15-17-19-21-23-25-32(38)47-29(26-45-31(37)24-22-20-18-16-12-10-8-6-4-2)27-46-36-35(41)34(40)33(39)30(48-36)28-49(42,43)44/h29-30,33-36,39-41H,3-28H2,1-2H3,(H,42,43,44). The third-order valence-electron chi connectivity index (χ3n) is 8.94. The van der Waals surface area contributed by atoms with Crippen LogP contribution in [0, 0.1) is 0 Å². The zero-order chi connectivity index (χ0) is 36.3. The van der Waals surface area contributed by atoms with Gasteiger partial charge < -0.3 is 34.3 Å². The first kappa shape index (κ1) is 45.7. The molecule has 1 fully saturated rings. The van der Waals surface area contributed by atoms with E-state index in [9.17, 15) is 37.9 Å². The van der Waals surface area contributed by atoms with E-state index in [0.717, 1.165) is 38.5 Å². The number of hydrogen-bond donors (Lipinski definition) is 4. The Morgan fingerprint density at radius 2 is 1.04 bits per heavy atom. The van der Waals surface area contributed by atoms with Crippen molar-refractivity contribution < 1.29 is 56.8 Å². The minimum atomic E-state index is -4.59. The lowest BCUT2D eigenvalue weighted by molar-refractivity contribution is -0.297. The lowest BCUT2D eigenvalue weighted by atomic mass is 10.00. The van der Waals surface area contributed by atoms with Gasteiger partial charge in [0.05, 0.1) is 6.61 Å². The molecular weight excluding hydrogens is 656 g/mol. The van der Waals surface area contributed by atoms with Crippen LogP contribution in [0.4, 0.5) is 0 Å². The Hall–Kier alpha value is -1.35. The van der Waals surface area contributed by atoms with Crippen molar-refractivity contribution in [1.82, 2.24) is 0 Å². The quantitative estimate of drug-likeness (QED) is 0.0363. The minimum absolute atomic E-state index is 0.171. The maximum Gasteiger partial charge on any atom is 0.306 e. The molecule has 6 unspecified atom stereocenters. The molecule has 290 valence electrons. The zero-order valence-electron chi connectivity index (χ0n) is 30.3. The van der Waals surface area contributed by atoms with E-state index in [-0.39, 0.29) is 19.4 Å². The number of aliphatic hydroxyl groups is 3. The fourth-order valence-corrected chi connectivity index (χ4v) is 6.60. The summed E-state index contributed by atoms with van der Waals surface area (Å²) in [6.45, 7) is 3.70. The molecule has 6 atom stereocenters. The Labute approximate surface area is 295 Å². The largest absolute Gasteiger partial charge is 0.462 e. The van der Waals surface area contributed by atoms with Crippen molar-refractivity contribution in [3.8, 4) is 0 Å². The topological polar surface area (TPSA) is 186 Å². The normalized spacial score (nSPS) is 21.8. The van der Waals surface area contributed by atoms with E-state index in [0.29, 0.717) is 12.8 Å². The van der Waals surface area contributed by atoms with Gasteiger partial charge in [0.25, 0.3) is 10.1 Å². The van der Waals surface area contributed by atoms with Gasteiger partial charge in [0.15, 0.2) is 12.4 Å². The van der Waals surface area contributed by atoms with Crippen LogP contribution in [0.2, 0.25) is 0 Å². The Morgan fingerprint density at radius 1 is 0.612 bits per heavy atom. The summed E-state index contributed by atoms with van der Waals surface area (Å²) >= 11 is 0. The number of rotatable bonds is 31. The van der Waals surface area contributed by atoms with Gasteiger partial charge in [-0.25, -0.2) is 0 Å². The van der Waals surface area contributed by atoms with Crippen molar-refractivity contribution >= 4 is 22.1 Å². The van der Waals surface area contributed by atoms with E-state index in [1.807, 2.05) is 0 Å². The molecule has 0 saturated carbocycles. The van der Waals surface area contributed by atoms with E-state index in [4.69, 9.17) is 18.9 Å². The summed E-state index contributed by atoms with van der Waals surface area (Å²) in [5.74, 6) is -1.97. The molecule has 1 rings (SSSR count). The molecule has 1 saturated heterocycles. The van der Waals surface area contributed by atoms with E-state index in [2.05, 4.69) is 13.8 Å². The summed E-state index contributed by atoms with van der Waals surface area (Å²) < 4.78 is 53.7. The number of aliphatic hydroxyl groups excluding tert-OH is 3. The molecule has 0 aromatic rings. The highest BCUT2D eigenvalue weighted by molar-refractivity contribution is 7.85. The number of unbranched alkanes of at least 4 members (excludes halogenated alkanes) is 19. The maximum absolute atomic E-state index is 12.7. The highest BCUT2D eigenvalue weighted by atomic mass is 32.2. The maximum atomic E-state index is 12.7. The predicted octanol–water partition coefficient (Wildman–Crippen LogP) is 6.17. The number of carbonyl (C=O) groups is 2. The summed E-state index contributed by atoms with van der Waals surface area (Å²) in [6.07, 6.45) is 14.6. The van der Waals surface area contributed by atoms with Crippen LogP contribution >= 0.6 is 0 Å². The molecule has 0 aromatic carbocycles. The first-order chi connectivity index (χ1) is 23.5. The SMILES string of the molecule is CCCCCCCCCCCCCCC(=O)OC(COC(=O)CCCCCCCCCCC)COC1OC(CS(=O)(=O)O)C(O)C(O)C1O. The molecule has 49 heavy (non-hydrogen) atoms. The first-order valence-electron chi connectivity index (χ1n) is 19.1. The van der Waals surface area contributed by atoms with Gasteiger partial charge in [0, 0.05) is 12.8 Å². The molecule has 0 amide bonds. The van der Waals surface area contributed by atoms with Crippen LogP contribution in [0.15, 0.2) is 0 Å². The smallest absolute Gasteiger partial charge is 0.306 e. The summed E-state index contributed by atoms with van der Waals surface area (Å²) in [6, 6.07) is 0. The highest BCUT2D eigenvalue weighted by Crippen LogP contribution is 2.24. The van der Waals surface area contributed by atoms with Gasteiger partial charge in [-0.15, -0.1) is 0 Å². The summed E-state index contributed by atoms with van der Waals surface area (Å²) in [4.78, 5) is 25.1. The fourth-order valence-electron chi connectivity index (χ4n) is 5.91. The van der Waals surface area contributed by atoms with Crippen LogP contribution in [-0.4, -0.2) is 96.0 Å². The van der Waals surface area contributed by atoms with Crippen molar-refractivity contribution in [2.75, 3.05) is 19.0 Å². The molecule has 0 spiro atoms. The second kappa shape index (κ2) is 28.3. The lowest BCUT2D eigenvalue weighted by Gasteiger charge is -2.40. The fraction of sp³-hybridized carbons (Fsp3) is 0.944. The summed E-state index contributed by atoms with van der Waals surface area (Å²) in [5.41, 5.74) is 0. The van der Waals surface area contributed by atoms with E-state index < -0.39 is 71.2 Å². The number of esters is 2. The second-order valence-electron chi connectivity index (χ2n) is 13.6. The van der Waals surface area contributed by atoms with Gasteiger partial charge in [-0.05, 0) is 12.8 Å². The molecule has 4 N–H and O–H groups in total. The number of carbonyl (C=O) groups excluding carboxylic acids is 2. The Kier molecular flexibility index (Phi) is 26.3. The summed E-state index contributed by atoms with van der Waals surface area (Å²) in [5, 5.41) is 30.7. The Morgan fingerprint density at radius 3 is 1.49 bits per heavy atom. The van der Waals surface area contributed by atoms with Crippen molar-refractivity contribution in [3.63, 3.8) is 0 Å². The van der Waals surface area contributed by atoms with Crippen LogP contribution < -0.4 is 0 Å². The van der Waals surface area contributed by atoms with Gasteiger partial charge in [0.2, 0.25) is 0 Å². The van der Waals surface area contributed by atoms with Crippen molar-refractivity contribution in [3.05, 3.63) is 0 Å². The molecule has 1 heterocycles. The third-order valence-corrected chi connectivity index (χ3v) is 9.69. The van der Waals surface area contributed by atoms with Gasteiger partial charge in [-0.1, -0.05) is 136 Å². The minimum Gasteiger partial charge on any atom is -0.462 e. The highest BCUT2D eigenvalue weighted by Gasteiger charge is 2.46. The molecule has 12 nitrogen and oxygen atoms in total. The molecule has 0 aliphatic carbocycles. The molecule has 0 aromatic heterocycles. The van der Waals surface area contributed by atoms with Crippen LogP contribution in [0.3, 0.4) is 0 Å². The first-order valence-corrected chi connectivity index (χ1v) is 20.7. The van der Waals surface area contributed by atoms with Crippen LogP contribution in [-0.2, 0) is 38.7 Å². The van der Waals surface area contributed by atoms with Gasteiger partial charge in [-0.2, -0.15) is 8.42 Å². The molecule has 1 aliphatic heterocycles. The molecule has 13 heteroatoms. The predicted molar refractivity (Wildman–Crippen MR) is 187 cm³/mol. The zero-order valence-corrected chi connectivity index (χ0v) is 31.1. The molecule has 1 aliphatic rings.